The molecule has 4 nitrogen and oxygen atoms in total. The van der Waals surface area contributed by atoms with Crippen LogP contribution in [0.25, 0.3) is 0 Å². The molecule has 98 valence electrons. The number of rotatable bonds is 4. The summed E-state index contributed by atoms with van der Waals surface area (Å²) in [7, 11) is 0. The van der Waals surface area contributed by atoms with Crippen LogP contribution in [0.5, 0.6) is 0 Å². The minimum atomic E-state index is -0.445. The summed E-state index contributed by atoms with van der Waals surface area (Å²) < 4.78 is 9.98. The summed E-state index contributed by atoms with van der Waals surface area (Å²) in [5.41, 5.74) is 0. The van der Waals surface area contributed by atoms with E-state index in [-0.39, 0.29) is 18.0 Å². The van der Waals surface area contributed by atoms with E-state index in [4.69, 9.17) is 9.47 Å². The minimum Gasteiger partial charge on any atom is -0.460 e. The van der Waals surface area contributed by atoms with E-state index in [1.165, 1.54) is 19.3 Å². The molecule has 0 saturated heterocycles. The van der Waals surface area contributed by atoms with Crippen molar-refractivity contribution in [3.05, 3.63) is 0 Å². The Labute approximate surface area is 110 Å². The summed E-state index contributed by atoms with van der Waals surface area (Å²) in [4.78, 5) is 22.2. The van der Waals surface area contributed by atoms with E-state index in [0.29, 0.717) is 0 Å². The zero-order chi connectivity index (χ0) is 12.5. The molecule has 1 fully saturated rings. The number of carbonyl (C=O) groups excluding carboxylic acids is 2. The van der Waals surface area contributed by atoms with E-state index in [1.807, 2.05) is 0 Å². The van der Waals surface area contributed by atoms with Gasteiger partial charge in [0.2, 0.25) is 0 Å². The van der Waals surface area contributed by atoms with Crippen molar-refractivity contribution >= 4 is 27.9 Å². The summed E-state index contributed by atoms with van der Waals surface area (Å²) >= 11 is 2.96. The Morgan fingerprint density at radius 2 is 1.59 bits per heavy atom. The van der Waals surface area contributed by atoms with Gasteiger partial charge < -0.3 is 9.47 Å². The van der Waals surface area contributed by atoms with Crippen LogP contribution in [0.3, 0.4) is 0 Å². The van der Waals surface area contributed by atoms with Crippen molar-refractivity contribution < 1.29 is 19.1 Å². The van der Waals surface area contributed by atoms with Crippen LogP contribution in [-0.2, 0) is 19.1 Å². The molecule has 1 saturated carbocycles. The molecule has 0 bridgehead atoms. The Balaban J connectivity index is 2.21. The molecule has 0 aliphatic heterocycles. The number of ether oxygens (including phenoxy) is 2. The highest BCUT2D eigenvalue weighted by Gasteiger charge is 2.16. The number of carbonyl (C=O) groups is 2. The minimum absolute atomic E-state index is 0.00507. The van der Waals surface area contributed by atoms with Crippen molar-refractivity contribution in [1.82, 2.24) is 0 Å². The topological polar surface area (TPSA) is 52.6 Å². The fourth-order valence-electron chi connectivity index (χ4n) is 1.93. The van der Waals surface area contributed by atoms with Gasteiger partial charge in [-0.1, -0.05) is 35.2 Å². The van der Waals surface area contributed by atoms with Gasteiger partial charge in [-0.2, -0.15) is 0 Å². The van der Waals surface area contributed by atoms with Gasteiger partial charge in [0.25, 0.3) is 0 Å². The van der Waals surface area contributed by atoms with Crippen LogP contribution in [0.15, 0.2) is 0 Å². The van der Waals surface area contributed by atoms with Gasteiger partial charge >= 0.3 is 11.9 Å². The number of halogens is 1. The maximum atomic E-state index is 11.4. The lowest BCUT2D eigenvalue weighted by atomic mass is 9.99. The molecule has 0 aromatic carbocycles. The molecule has 0 spiro atoms. The van der Waals surface area contributed by atoms with Crippen molar-refractivity contribution in [3.63, 3.8) is 0 Å². The van der Waals surface area contributed by atoms with Crippen LogP contribution in [0, 0.1) is 0 Å². The van der Waals surface area contributed by atoms with Crippen molar-refractivity contribution in [2.75, 3.05) is 11.9 Å². The molecule has 0 N–H and O–H groups in total. The molecule has 1 aliphatic rings. The van der Waals surface area contributed by atoms with E-state index < -0.39 is 11.9 Å². The van der Waals surface area contributed by atoms with E-state index in [1.54, 1.807) is 0 Å². The van der Waals surface area contributed by atoms with Crippen LogP contribution < -0.4 is 0 Å². The average molecular weight is 307 g/mol. The third-order valence-electron chi connectivity index (χ3n) is 2.81. The Morgan fingerprint density at radius 3 is 2.18 bits per heavy atom. The van der Waals surface area contributed by atoms with E-state index >= 15 is 0 Å². The van der Waals surface area contributed by atoms with Crippen LogP contribution in [0.1, 0.15) is 44.9 Å². The fraction of sp³-hybridized carbons (Fsp3) is 0.833. The zero-order valence-corrected chi connectivity index (χ0v) is 11.5. The first-order chi connectivity index (χ1) is 8.22. The fourth-order valence-corrected chi connectivity index (χ4v) is 2.10. The van der Waals surface area contributed by atoms with Crippen molar-refractivity contribution in [2.24, 2.45) is 0 Å². The third-order valence-corrected chi connectivity index (χ3v) is 3.27. The lowest BCUT2D eigenvalue weighted by Gasteiger charge is -2.19. The predicted molar refractivity (Wildman–Crippen MR) is 67.0 cm³/mol. The number of hydrogen-bond acceptors (Lipinski definition) is 4. The Kier molecular flexibility index (Phi) is 7.24. The maximum Gasteiger partial charge on any atom is 0.344 e. The van der Waals surface area contributed by atoms with E-state index in [2.05, 4.69) is 15.9 Å². The largest absolute Gasteiger partial charge is 0.460 e. The Morgan fingerprint density at radius 1 is 1.00 bits per heavy atom. The molecule has 17 heavy (non-hydrogen) atoms. The van der Waals surface area contributed by atoms with Gasteiger partial charge in [-0.25, -0.2) is 4.79 Å². The first-order valence-corrected chi connectivity index (χ1v) is 7.25. The van der Waals surface area contributed by atoms with Gasteiger partial charge in [-0.15, -0.1) is 0 Å². The third kappa shape index (κ3) is 6.66. The molecule has 0 radical (unpaired) electrons. The van der Waals surface area contributed by atoms with Crippen LogP contribution in [0.2, 0.25) is 0 Å². The summed E-state index contributed by atoms with van der Waals surface area (Å²) in [5, 5.41) is 0.101. The zero-order valence-electron chi connectivity index (χ0n) is 9.95. The number of esters is 2. The molecule has 0 amide bonds. The molecular formula is C12H19BrO4. The SMILES string of the molecule is O=C(CBr)OCC(=O)OC1CCCCCCC1. The second kappa shape index (κ2) is 8.50. The lowest BCUT2D eigenvalue weighted by Crippen LogP contribution is -2.24. The quantitative estimate of drug-likeness (QED) is 0.592. The standard InChI is InChI=1S/C12H19BrO4/c13-8-11(14)16-9-12(15)17-10-6-4-2-1-3-5-7-10/h10H,1-9H2. The molecular weight excluding hydrogens is 288 g/mol. The summed E-state index contributed by atoms with van der Waals surface area (Å²) in [6, 6.07) is 0. The van der Waals surface area contributed by atoms with Crippen molar-refractivity contribution in [3.8, 4) is 0 Å². The molecule has 0 aromatic heterocycles. The van der Waals surface area contributed by atoms with Crippen LogP contribution >= 0.6 is 15.9 Å². The van der Waals surface area contributed by atoms with Crippen molar-refractivity contribution in [2.45, 2.75) is 51.0 Å². The second-order valence-electron chi connectivity index (χ2n) is 4.25. The highest BCUT2D eigenvalue weighted by molar-refractivity contribution is 9.09. The Bertz CT molecular complexity index is 247. The first-order valence-electron chi connectivity index (χ1n) is 6.13. The van der Waals surface area contributed by atoms with Crippen molar-refractivity contribution in [1.29, 1.82) is 0 Å². The molecule has 5 heteroatoms. The van der Waals surface area contributed by atoms with Gasteiger partial charge in [-0.3, -0.25) is 4.79 Å². The van der Waals surface area contributed by atoms with Gasteiger partial charge in [0.15, 0.2) is 6.61 Å². The van der Waals surface area contributed by atoms with Gasteiger partial charge in [-0.05, 0) is 25.7 Å². The number of hydrogen-bond donors (Lipinski definition) is 0. The van der Waals surface area contributed by atoms with Gasteiger partial charge in [0, 0.05) is 0 Å². The van der Waals surface area contributed by atoms with Crippen LogP contribution in [0.4, 0.5) is 0 Å². The van der Waals surface area contributed by atoms with Crippen LogP contribution in [-0.4, -0.2) is 30.0 Å². The maximum absolute atomic E-state index is 11.4. The molecule has 0 heterocycles. The smallest absolute Gasteiger partial charge is 0.344 e. The predicted octanol–water partition coefficient (Wildman–Crippen LogP) is 2.58. The summed E-state index contributed by atoms with van der Waals surface area (Å²) in [6.45, 7) is -0.277. The van der Waals surface area contributed by atoms with E-state index in [9.17, 15) is 9.59 Å². The highest BCUT2D eigenvalue weighted by Crippen LogP contribution is 2.19. The molecule has 1 rings (SSSR count). The van der Waals surface area contributed by atoms with Gasteiger partial charge in [0.05, 0.1) is 0 Å². The summed E-state index contributed by atoms with van der Waals surface area (Å²) in [5.74, 6) is -0.885. The molecule has 0 unspecified atom stereocenters. The molecule has 0 atom stereocenters. The number of alkyl halides is 1. The van der Waals surface area contributed by atoms with Gasteiger partial charge in [0.1, 0.15) is 11.4 Å². The highest BCUT2D eigenvalue weighted by atomic mass is 79.9. The molecule has 1 aliphatic carbocycles. The average Bonchev–Trinajstić information content (AvgIpc) is 2.29. The lowest BCUT2D eigenvalue weighted by molar-refractivity contribution is -0.161. The normalized spacial score (nSPS) is 17.9. The van der Waals surface area contributed by atoms with E-state index in [0.717, 1.165) is 25.7 Å². The first kappa shape index (κ1) is 14.5. The summed E-state index contributed by atoms with van der Waals surface area (Å²) in [6.07, 6.45) is 7.79. The second-order valence-corrected chi connectivity index (χ2v) is 4.81. The molecule has 0 aromatic rings. The monoisotopic (exact) mass is 306 g/mol. The Hall–Kier alpha value is -0.580.